The van der Waals surface area contributed by atoms with E-state index in [1.807, 2.05) is 0 Å². The molecule has 7 heteroatoms. The summed E-state index contributed by atoms with van der Waals surface area (Å²) in [5, 5.41) is 0. The third-order valence-electron chi connectivity index (χ3n) is 2.27. The Morgan fingerprint density at radius 3 is 2.06 bits per heavy atom. The van der Waals surface area contributed by atoms with Crippen molar-refractivity contribution in [3.8, 4) is 0 Å². The molecule has 0 bridgehead atoms. The summed E-state index contributed by atoms with van der Waals surface area (Å²) in [5.74, 6) is -3.05. The molecule has 1 atom stereocenters. The Kier molecular flexibility index (Phi) is 4.57. The number of hydrogen-bond donors (Lipinski definition) is 0. The largest absolute Gasteiger partial charge is 0.207 e. The maximum absolute atomic E-state index is 13.6. The average Bonchev–Trinajstić information content (AvgIpc) is 2.62. The van der Waals surface area contributed by atoms with Gasteiger partial charge in [-0.15, -0.1) is 11.3 Å². The number of halogens is 6. The Hall–Kier alpha value is 0.150. The minimum atomic E-state index is -1.19. The molecule has 2 rings (SSSR count). The molecular formula is C11H4Br3F3S. The van der Waals surface area contributed by atoms with E-state index in [0.29, 0.717) is 6.07 Å². The molecular weight excluding hydrogens is 461 g/mol. The standard InChI is InChI=1S/C11H4Br3F3S/c12-9-2-5(11(14)18-9)10(13)4-1-7(16)8(17)3-6(4)15/h1-3,10H. The molecule has 0 fully saturated rings. The highest BCUT2D eigenvalue weighted by molar-refractivity contribution is 9.12. The lowest BCUT2D eigenvalue weighted by Gasteiger charge is -2.11. The smallest absolute Gasteiger partial charge is 0.161 e. The molecule has 96 valence electrons. The molecule has 0 saturated carbocycles. The van der Waals surface area contributed by atoms with Crippen molar-refractivity contribution in [2.24, 2.45) is 0 Å². The van der Waals surface area contributed by atoms with E-state index in [2.05, 4.69) is 47.8 Å². The number of hydrogen-bond acceptors (Lipinski definition) is 1. The van der Waals surface area contributed by atoms with Gasteiger partial charge in [0.1, 0.15) is 5.82 Å². The van der Waals surface area contributed by atoms with Gasteiger partial charge in [-0.1, -0.05) is 15.9 Å². The van der Waals surface area contributed by atoms with Crippen LogP contribution in [0.15, 0.2) is 25.8 Å². The SMILES string of the molecule is Fc1cc(F)c(C(Br)c2cc(Br)sc2Br)cc1F. The van der Waals surface area contributed by atoms with Gasteiger partial charge < -0.3 is 0 Å². The summed E-state index contributed by atoms with van der Waals surface area (Å²) in [4.78, 5) is -0.551. The Morgan fingerprint density at radius 1 is 0.889 bits per heavy atom. The topological polar surface area (TPSA) is 0 Å². The Labute approximate surface area is 131 Å². The fraction of sp³-hybridized carbons (Fsp3) is 0.0909. The van der Waals surface area contributed by atoms with Crippen LogP contribution in [0.3, 0.4) is 0 Å². The molecule has 1 unspecified atom stereocenters. The second kappa shape index (κ2) is 5.64. The fourth-order valence-electron chi connectivity index (χ4n) is 1.43. The molecule has 1 aromatic carbocycles. The fourth-order valence-corrected chi connectivity index (χ4v) is 5.50. The van der Waals surface area contributed by atoms with Crippen LogP contribution in [0.4, 0.5) is 13.2 Å². The first-order valence-corrected chi connectivity index (χ1v) is 7.95. The van der Waals surface area contributed by atoms with Crippen LogP contribution in [0, 0.1) is 17.5 Å². The van der Waals surface area contributed by atoms with Crippen molar-refractivity contribution in [3.05, 3.63) is 54.4 Å². The molecule has 18 heavy (non-hydrogen) atoms. The summed E-state index contributed by atoms with van der Waals surface area (Å²) < 4.78 is 41.3. The molecule has 0 radical (unpaired) electrons. The van der Waals surface area contributed by atoms with E-state index < -0.39 is 22.3 Å². The summed E-state index contributed by atoms with van der Waals surface area (Å²) in [7, 11) is 0. The number of rotatable bonds is 2. The van der Waals surface area contributed by atoms with E-state index in [0.717, 1.165) is 19.2 Å². The van der Waals surface area contributed by atoms with Gasteiger partial charge in [-0.3, -0.25) is 0 Å². The lowest BCUT2D eigenvalue weighted by molar-refractivity contribution is 0.491. The highest BCUT2D eigenvalue weighted by atomic mass is 79.9. The van der Waals surface area contributed by atoms with Crippen LogP contribution in [0.25, 0.3) is 0 Å². The van der Waals surface area contributed by atoms with Gasteiger partial charge >= 0.3 is 0 Å². The summed E-state index contributed by atoms with van der Waals surface area (Å²) in [6, 6.07) is 3.20. The highest BCUT2D eigenvalue weighted by Gasteiger charge is 2.21. The molecule has 2 aromatic rings. The Balaban J connectivity index is 2.49. The molecule has 0 amide bonds. The zero-order valence-corrected chi connectivity index (χ0v) is 14.1. The Bertz CT molecular complexity index is 597. The zero-order chi connectivity index (χ0) is 13.4. The molecule has 0 spiro atoms. The van der Waals surface area contributed by atoms with Gasteiger partial charge in [0.25, 0.3) is 0 Å². The van der Waals surface area contributed by atoms with Gasteiger partial charge in [0.05, 0.1) is 12.4 Å². The van der Waals surface area contributed by atoms with Crippen molar-refractivity contribution in [1.82, 2.24) is 0 Å². The van der Waals surface area contributed by atoms with Gasteiger partial charge in [0, 0.05) is 11.6 Å². The second-order valence-electron chi connectivity index (χ2n) is 3.43. The van der Waals surface area contributed by atoms with Gasteiger partial charge in [-0.2, -0.15) is 0 Å². The summed E-state index contributed by atoms with van der Waals surface area (Å²) in [6.45, 7) is 0. The predicted octanol–water partition coefficient (Wildman–Crippen LogP) is 6.17. The van der Waals surface area contributed by atoms with Crippen LogP contribution >= 0.6 is 59.1 Å². The first-order valence-electron chi connectivity index (χ1n) is 4.63. The van der Waals surface area contributed by atoms with Gasteiger partial charge in [-0.25, -0.2) is 13.2 Å². The van der Waals surface area contributed by atoms with E-state index >= 15 is 0 Å². The van der Waals surface area contributed by atoms with Crippen molar-refractivity contribution in [1.29, 1.82) is 0 Å². The normalized spacial score (nSPS) is 12.8. The summed E-state index contributed by atoms with van der Waals surface area (Å²) in [6.07, 6.45) is 0. The van der Waals surface area contributed by atoms with Crippen molar-refractivity contribution < 1.29 is 13.2 Å². The first-order chi connectivity index (χ1) is 8.40. The van der Waals surface area contributed by atoms with E-state index in [9.17, 15) is 13.2 Å². The lowest BCUT2D eigenvalue weighted by atomic mass is 10.1. The third kappa shape index (κ3) is 2.84. The summed E-state index contributed by atoms with van der Waals surface area (Å²) >= 11 is 11.4. The van der Waals surface area contributed by atoms with Gasteiger partial charge in [0.2, 0.25) is 0 Å². The van der Waals surface area contributed by atoms with Crippen LogP contribution in [-0.2, 0) is 0 Å². The maximum Gasteiger partial charge on any atom is 0.161 e. The van der Waals surface area contributed by atoms with Crippen LogP contribution in [0.5, 0.6) is 0 Å². The van der Waals surface area contributed by atoms with E-state index in [1.54, 1.807) is 6.07 Å². The molecule has 1 aromatic heterocycles. The summed E-state index contributed by atoms with van der Waals surface area (Å²) in [5.41, 5.74) is 0.802. The monoisotopic (exact) mass is 462 g/mol. The minimum absolute atomic E-state index is 0.0555. The van der Waals surface area contributed by atoms with Gasteiger partial charge in [-0.05, 0) is 49.6 Å². The van der Waals surface area contributed by atoms with Crippen LogP contribution < -0.4 is 0 Å². The van der Waals surface area contributed by atoms with Crippen molar-refractivity contribution in [2.75, 3.05) is 0 Å². The predicted molar refractivity (Wildman–Crippen MR) is 76.8 cm³/mol. The zero-order valence-electron chi connectivity index (χ0n) is 8.49. The Morgan fingerprint density at radius 2 is 1.50 bits per heavy atom. The van der Waals surface area contributed by atoms with Crippen molar-refractivity contribution >= 4 is 59.1 Å². The molecule has 0 aliphatic heterocycles. The quantitative estimate of drug-likeness (QED) is 0.368. The van der Waals surface area contributed by atoms with Crippen LogP contribution in [0.1, 0.15) is 16.0 Å². The molecule has 1 heterocycles. The first kappa shape index (κ1) is 14.6. The van der Waals surface area contributed by atoms with E-state index in [4.69, 9.17) is 0 Å². The van der Waals surface area contributed by atoms with Crippen molar-refractivity contribution in [3.63, 3.8) is 0 Å². The van der Waals surface area contributed by atoms with E-state index in [1.165, 1.54) is 11.3 Å². The van der Waals surface area contributed by atoms with Gasteiger partial charge in [0.15, 0.2) is 11.6 Å². The third-order valence-corrected chi connectivity index (χ3v) is 5.64. The lowest BCUT2D eigenvalue weighted by Crippen LogP contribution is -1.99. The molecule has 0 aliphatic carbocycles. The van der Waals surface area contributed by atoms with Crippen LogP contribution in [-0.4, -0.2) is 0 Å². The molecule has 0 aliphatic rings. The highest BCUT2D eigenvalue weighted by Crippen LogP contribution is 2.42. The second-order valence-corrected chi connectivity index (χ2v) is 8.09. The van der Waals surface area contributed by atoms with E-state index in [-0.39, 0.29) is 5.56 Å². The molecule has 0 saturated heterocycles. The molecule has 0 nitrogen and oxygen atoms in total. The number of alkyl halides is 1. The number of thiophene rings is 1. The molecule has 0 N–H and O–H groups in total. The average molecular weight is 465 g/mol. The van der Waals surface area contributed by atoms with Crippen molar-refractivity contribution in [2.45, 2.75) is 4.83 Å². The number of benzene rings is 1. The van der Waals surface area contributed by atoms with Crippen LogP contribution in [0.2, 0.25) is 0 Å². The maximum atomic E-state index is 13.6. The minimum Gasteiger partial charge on any atom is -0.207 e.